The standard InChI is InChI=1S/C26H32O7/c1-17-24(28)26(31-16-19-11-7-4-8-12-19)33-22-13-20(30-15-18-9-5-3-6-10-18)21(32-25(17)22)14-23(27)29-2/h3-12,17,20-22,24-26,28H,13-16H2,1-2H3/t17-,20?,21?,22-,24-,25-,26-/m0/s1. The summed E-state index contributed by atoms with van der Waals surface area (Å²) in [6.45, 7) is 2.66. The highest BCUT2D eigenvalue weighted by atomic mass is 16.7. The Morgan fingerprint density at radius 1 is 0.970 bits per heavy atom. The summed E-state index contributed by atoms with van der Waals surface area (Å²) in [4.78, 5) is 12.0. The van der Waals surface area contributed by atoms with E-state index in [-0.39, 0.29) is 36.6 Å². The van der Waals surface area contributed by atoms with Gasteiger partial charge in [0.15, 0.2) is 6.29 Å². The van der Waals surface area contributed by atoms with E-state index in [4.69, 9.17) is 23.7 Å². The van der Waals surface area contributed by atoms with Crippen LogP contribution in [0.1, 0.15) is 30.9 Å². The number of hydrogen-bond acceptors (Lipinski definition) is 7. The summed E-state index contributed by atoms with van der Waals surface area (Å²) in [7, 11) is 1.36. The summed E-state index contributed by atoms with van der Waals surface area (Å²) in [5.74, 6) is -0.597. The largest absolute Gasteiger partial charge is 0.469 e. The minimum absolute atomic E-state index is 0.0793. The van der Waals surface area contributed by atoms with Crippen molar-refractivity contribution in [3.05, 3.63) is 71.8 Å². The van der Waals surface area contributed by atoms with Crippen LogP contribution in [0.25, 0.3) is 0 Å². The zero-order valence-electron chi connectivity index (χ0n) is 19.0. The number of benzene rings is 2. The normalized spacial score (nSPS) is 31.5. The van der Waals surface area contributed by atoms with Gasteiger partial charge >= 0.3 is 5.97 Å². The number of carbonyl (C=O) groups is 1. The number of hydrogen-bond donors (Lipinski definition) is 1. The number of aliphatic hydroxyl groups is 1. The fourth-order valence-electron chi connectivity index (χ4n) is 4.45. The van der Waals surface area contributed by atoms with Crippen LogP contribution in [0.4, 0.5) is 0 Å². The number of aliphatic hydroxyl groups excluding tert-OH is 1. The first kappa shape index (κ1) is 23.9. The number of fused-ring (bicyclic) bond motifs is 1. The van der Waals surface area contributed by atoms with Crippen LogP contribution in [0.3, 0.4) is 0 Å². The van der Waals surface area contributed by atoms with Gasteiger partial charge in [0, 0.05) is 12.3 Å². The molecule has 1 N–H and O–H groups in total. The Labute approximate surface area is 194 Å². The van der Waals surface area contributed by atoms with Crippen LogP contribution in [0.5, 0.6) is 0 Å². The van der Waals surface area contributed by atoms with Crippen molar-refractivity contribution in [1.82, 2.24) is 0 Å². The lowest BCUT2D eigenvalue weighted by atomic mass is 9.84. The number of methoxy groups -OCH3 is 1. The van der Waals surface area contributed by atoms with E-state index in [1.54, 1.807) is 0 Å². The van der Waals surface area contributed by atoms with E-state index in [1.807, 2.05) is 67.6 Å². The van der Waals surface area contributed by atoms with Crippen molar-refractivity contribution < 1.29 is 33.6 Å². The van der Waals surface area contributed by atoms with Gasteiger partial charge in [-0.05, 0) is 11.1 Å². The molecule has 2 aliphatic heterocycles. The molecule has 2 aromatic carbocycles. The van der Waals surface area contributed by atoms with Crippen LogP contribution in [0, 0.1) is 5.92 Å². The molecule has 0 spiro atoms. The van der Waals surface area contributed by atoms with E-state index in [0.717, 1.165) is 11.1 Å². The minimum Gasteiger partial charge on any atom is -0.469 e. The minimum atomic E-state index is -0.851. The Hall–Kier alpha value is -2.29. The van der Waals surface area contributed by atoms with Crippen LogP contribution in [-0.2, 0) is 41.7 Å². The summed E-state index contributed by atoms with van der Waals surface area (Å²) < 4.78 is 29.4. The fraction of sp³-hybridized carbons (Fsp3) is 0.500. The molecule has 2 saturated heterocycles. The van der Waals surface area contributed by atoms with E-state index in [2.05, 4.69) is 0 Å². The zero-order valence-corrected chi connectivity index (χ0v) is 19.0. The van der Waals surface area contributed by atoms with Crippen LogP contribution in [0.2, 0.25) is 0 Å². The van der Waals surface area contributed by atoms with Crippen LogP contribution >= 0.6 is 0 Å². The Kier molecular flexibility index (Phi) is 8.11. The maximum atomic E-state index is 12.0. The Morgan fingerprint density at radius 2 is 1.58 bits per heavy atom. The van der Waals surface area contributed by atoms with Gasteiger partial charge in [-0.1, -0.05) is 67.6 Å². The molecule has 0 radical (unpaired) electrons. The van der Waals surface area contributed by atoms with E-state index in [0.29, 0.717) is 19.6 Å². The molecule has 0 saturated carbocycles. The number of ether oxygens (including phenoxy) is 5. The molecular formula is C26H32O7. The van der Waals surface area contributed by atoms with Gasteiger partial charge in [0.05, 0.1) is 51.2 Å². The third kappa shape index (κ3) is 5.99. The molecule has 0 aromatic heterocycles. The molecule has 2 aromatic rings. The molecule has 0 bridgehead atoms. The summed E-state index contributed by atoms with van der Waals surface area (Å²) in [5.41, 5.74) is 2.04. The highest BCUT2D eigenvalue weighted by Crippen LogP contribution is 2.38. The molecule has 178 valence electrons. The van der Waals surface area contributed by atoms with Gasteiger partial charge in [-0.2, -0.15) is 0 Å². The topological polar surface area (TPSA) is 83.5 Å². The zero-order chi connectivity index (χ0) is 23.2. The van der Waals surface area contributed by atoms with Gasteiger partial charge in [0.25, 0.3) is 0 Å². The summed E-state index contributed by atoms with van der Waals surface area (Å²) in [6, 6.07) is 19.6. The van der Waals surface area contributed by atoms with Crippen LogP contribution < -0.4 is 0 Å². The molecular weight excluding hydrogens is 424 g/mol. The molecule has 7 atom stereocenters. The highest BCUT2D eigenvalue weighted by Gasteiger charge is 2.50. The predicted molar refractivity (Wildman–Crippen MR) is 120 cm³/mol. The lowest BCUT2D eigenvalue weighted by Gasteiger charge is -2.49. The van der Waals surface area contributed by atoms with Crippen molar-refractivity contribution in [2.24, 2.45) is 5.92 Å². The van der Waals surface area contributed by atoms with Gasteiger partial charge < -0.3 is 28.8 Å². The van der Waals surface area contributed by atoms with E-state index < -0.39 is 18.5 Å². The Balaban J connectivity index is 1.44. The summed E-state index contributed by atoms with van der Waals surface area (Å²) >= 11 is 0. The first-order valence-corrected chi connectivity index (χ1v) is 11.4. The Bertz CT molecular complexity index is 875. The van der Waals surface area contributed by atoms with Crippen molar-refractivity contribution >= 4 is 5.97 Å². The van der Waals surface area contributed by atoms with Crippen molar-refractivity contribution in [3.63, 3.8) is 0 Å². The summed E-state index contributed by atoms with van der Waals surface area (Å²) in [6.07, 6.45) is -2.54. The maximum absolute atomic E-state index is 12.0. The molecule has 0 amide bonds. The monoisotopic (exact) mass is 456 g/mol. The Morgan fingerprint density at radius 3 is 2.18 bits per heavy atom. The molecule has 2 aliphatic rings. The molecule has 2 fully saturated rings. The van der Waals surface area contributed by atoms with Crippen molar-refractivity contribution in [3.8, 4) is 0 Å². The molecule has 7 nitrogen and oxygen atoms in total. The number of carbonyl (C=O) groups excluding carboxylic acids is 1. The molecule has 2 unspecified atom stereocenters. The first-order valence-electron chi connectivity index (χ1n) is 11.4. The summed E-state index contributed by atoms with van der Waals surface area (Å²) in [5, 5.41) is 10.8. The van der Waals surface area contributed by atoms with E-state index in [9.17, 15) is 9.90 Å². The molecule has 7 heteroatoms. The SMILES string of the molecule is COC(=O)CC1O[C@H]2[C@@H](C)[C@H](O)[C@@H](OCc3ccccc3)O[C@H]2CC1OCc1ccccc1. The predicted octanol–water partition coefficient (Wildman–Crippen LogP) is 3.23. The molecule has 2 heterocycles. The van der Waals surface area contributed by atoms with Crippen molar-refractivity contribution in [1.29, 1.82) is 0 Å². The van der Waals surface area contributed by atoms with E-state index in [1.165, 1.54) is 7.11 Å². The maximum Gasteiger partial charge on any atom is 0.308 e. The molecule has 4 rings (SSSR count). The van der Waals surface area contributed by atoms with Gasteiger partial charge in [-0.15, -0.1) is 0 Å². The smallest absolute Gasteiger partial charge is 0.308 e. The quantitative estimate of drug-likeness (QED) is 0.611. The second-order valence-corrected chi connectivity index (χ2v) is 8.68. The second kappa shape index (κ2) is 11.2. The first-order chi connectivity index (χ1) is 16.0. The average molecular weight is 457 g/mol. The lowest BCUT2D eigenvalue weighted by Crippen LogP contribution is -2.60. The third-order valence-corrected chi connectivity index (χ3v) is 6.38. The number of rotatable bonds is 8. The average Bonchev–Trinajstić information content (AvgIpc) is 2.85. The highest BCUT2D eigenvalue weighted by molar-refractivity contribution is 5.69. The van der Waals surface area contributed by atoms with Crippen molar-refractivity contribution in [2.75, 3.05) is 7.11 Å². The fourth-order valence-corrected chi connectivity index (χ4v) is 4.45. The van der Waals surface area contributed by atoms with Gasteiger partial charge in [0.2, 0.25) is 0 Å². The van der Waals surface area contributed by atoms with Gasteiger partial charge in [-0.25, -0.2) is 0 Å². The van der Waals surface area contributed by atoms with Crippen molar-refractivity contribution in [2.45, 2.75) is 69.8 Å². The second-order valence-electron chi connectivity index (χ2n) is 8.68. The molecule has 33 heavy (non-hydrogen) atoms. The lowest BCUT2D eigenvalue weighted by molar-refractivity contribution is -0.323. The molecule has 0 aliphatic carbocycles. The third-order valence-electron chi connectivity index (χ3n) is 6.38. The van der Waals surface area contributed by atoms with Gasteiger partial charge in [-0.3, -0.25) is 4.79 Å². The van der Waals surface area contributed by atoms with Gasteiger partial charge in [0.1, 0.15) is 6.10 Å². The van der Waals surface area contributed by atoms with E-state index >= 15 is 0 Å². The van der Waals surface area contributed by atoms with Crippen LogP contribution in [-0.4, -0.2) is 55.0 Å². The van der Waals surface area contributed by atoms with Crippen LogP contribution in [0.15, 0.2) is 60.7 Å². The number of esters is 1.